The van der Waals surface area contributed by atoms with Crippen LogP contribution in [0, 0.1) is 0 Å². The van der Waals surface area contributed by atoms with Crippen LogP contribution in [0.2, 0.25) is 0 Å². The zero-order chi connectivity index (χ0) is 22.5. The average molecular weight is 472 g/mol. The number of allylic oxidation sites excluding steroid dienone is 2. The number of rotatable bonds is 4. The quantitative estimate of drug-likeness (QED) is 0.263. The topological polar surface area (TPSA) is 0 Å². The molecule has 0 aromatic heterocycles. The summed E-state index contributed by atoms with van der Waals surface area (Å²) in [5.74, 6) is 0. The molecule has 3 aliphatic rings. The molecule has 0 N–H and O–H groups in total. The van der Waals surface area contributed by atoms with E-state index < -0.39 is 16.6 Å². The standard InChI is InChI=1S/C19H14.2C7H7.Ti/c1-2-6-17-11-14(10-16(17)5-1)9-15-12-18-7-3-4-8-19(18)13-15;2*1-7-5-3-2-4-6-7;/h1-8,10-13H,9H2;2*2-6H,1H2;. The third-order valence-corrected chi connectivity index (χ3v) is 17.4. The minimum absolute atomic E-state index is 0.616. The molecule has 164 valence electrons. The van der Waals surface area contributed by atoms with Gasteiger partial charge in [0.2, 0.25) is 0 Å². The van der Waals surface area contributed by atoms with Crippen molar-refractivity contribution in [2.75, 3.05) is 0 Å². The maximum absolute atomic E-state index is 2.80. The Hall–Kier alpha value is -2.93. The van der Waals surface area contributed by atoms with E-state index >= 15 is 0 Å². The van der Waals surface area contributed by atoms with Crippen molar-refractivity contribution in [1.82, 2.24) is 0 Å². The minimum atomic E-state index is -2.80. The summed E-state index contributed by atoms with van der Waals surface area (Å²) in [6.45, 7) is 0. The van der Waals surface area contributed by atoms with Crippen molar-refractivity contribution >= 4 is 12.2 Å². The van der Waals surface area contributed by atoms with E-state index in [1.165, 1.54) is 31.7 Å². The molecule has 1 fully saturated rings. The molecule has 0 saturated carbocycles. The van der Waals surface area contributed by atoms with Crippen LogP contribution in [0.25, 0.3) is 12.2 Å². The summed E-state index contributed by atoms with van der Waals surface area (Å²) in [5, 5.41) is 0. The molecular formula is C33H28Ti. The summed E-state index contributed by atoms with van der Waals surface area (Å²) < 4.78 is 3.74. The SMILES string of the molecule is C1=C2CC3=Cc4ccccc4[CH]3[Ti]([CH2]c3ccccc3)([CH2]c3ccccc3)[CH]2c2ccccc21. The van der Waals surface area contributed by atoms with Gasteiger partial charge in [-0.3, -0.25) is 0 Å². The van der Waals surface area contributed by atoms with E-state index in [4.69, 9.17) is 0 Å². The summed E-state index contributed by atoms with van der Waals surface area (Å²) in [7, 11) is 0. The third-order valence-electron chi connectivity index (χ3n) is 8.35. The van der Waals surface area contributed by atoms with E-state index in [9.17, 15) is 0 Å². The third kappa shape index (κ3) is 3.17. The normalized spacial score (nSPS) is 21.1. The van der Waals surface area contributed by atoms with Crippen molar-refractivity contribution in [2.24, 2.45) is 0 Å². The van der Waals surface area contributed by atoms with Gasteiger partial charge < -0.3 is 0 Å². The Balaban J connectivity index is 1.50. The first kappa shape index (κ1) is 20.4. The van der Waals surface area contributed by atoms with E-state index in [-0.39, 0.29) is 0 Å². The van der Waals surface area contributed by atoms with Gasteiger partial charge in [0.25, 0.3) is 0 Å². The van der Waals surface area contributed by atoms with Gasteiger partial charge in [0.05, 0.1) is 0 Å². The van der Waals surface area contributed by atoms with Gasteiger partial charge in [-0.05, 0) is 0 Å². The molecule has 0 bridgehead atoms. The molecule has 2 unspecified atom stereocenters. The van der Waals surface area contributed by atoms with E-state index in [1.54, 1.807) is 22.3 Å². The molecule has 4 aromatic carbocycles. The zero-order valence-electron chi connectivity index (χ0n) is 19.3. The van der Waals surface area contributed by atoms with Crippen molar-refractivity contribution in [1.29, 1.82) is 0 Å². The molecule has 1 saturated heterocycles. The molecule has 2 aliphatic carbocycles. The Morgan fingerprint density at radius 1 is 0.500 bits per heavy atom. The van der Waals surface area contributed by atoms with E-state index in [0.29, 0.717) is 8.45 Å². The Kier molecular flexibility index (Phi) is 4.86. The van der Waals surface area contributed by atoms with Crippen LogP contribution in [-0.2, 0) is 26.0 Å². The van der Waals surface area contributed by atoms with Gasteiger partial charge in [0.1, 0.15) is 0 Å². The predicted octanol–water partition coefficient (Wildman–Crippen LogP) is 8.22. The molecule has 34 heavy (non-hydrogen) atoms. The summed E-state index contributed by atoms with van der Waals surface area (Å²) >= 11 is -2.80. The van der Waals surface area contributed by atoms with Crippen molar-refractivity contribution in [3.8, 4) is 0 Å². The molecule has 1 heterocycles. The Morgan fingerprint density at radius 3 is 1.38 bits per heavy atom. The fourth-order valence-corrected chi connectivity index (χ4v) is 18.0. The number of fused-ring (bicyclic) bond motifs is 6. The molecule has 0 spiro atoms. The van der Waals surface area contributed by atoms with Crippen LogP contribution in [0.1, 0.15) is 48.2 Å². The van der Waals surface area contributed by atoms with Crippen LogP contribution in [0.15, 0.2) is 120 Å². The molecule has 0 nitrogen and oxygen atoms in total. The Morgan fingerprint density at radius 2 is 0.912 bits per heavy atom. The van der Waals surface area contributed by atoms with Gasteiger partial charge in [-0.1, -0.05) is 0 Å². The van der Waals surface area contributed by atoms with Gasteiger partial charge in [0.15, 0.2) is 0 Å². The monoisotopic (exact) mass is 472 g/mol. The zero-order valence-corrected chi connectivity index (χ0v) is 20.9. The fraction of sp³-hybridized carbons (Fsp3) is 0.152. The van der Waals surface area contributed by atoms with Crippen LogP contribution in [0.3, 0.4) is 0 Å². The molecule has 2 atom stereocenters. The van der Waals surface area contributed by atoms with Crippen LogP contribution < -0.4 is 0 Å². The second-order valence-corrected chi connectivity index (χ2v) is 17.1. The van der Waals surface area contributed by atoms with Crippen LogP contribution in [-0.4, -0.2) is 0 Å². The van der Waals surface area contributed by atoms with Crippen LogP contribution >= 0.6 is 0 Å². The fourth-order valence-electron chi connectivity index (χ4n) is 7.27. The second-order valence-electron chi connectivity index (χ2n) is 10.3. The van der Waals surface area contributed by atoms with E-state index in [1.807, 2.05) is 0 Å². The molecule has 0 amide bonds. The molecular weight excluding hydrogens is 444 g/mol. The van der Waals surface area contributed by atoms with Crippen LogP contribution in [0.5, 0.6) is 0 Å². The number of hydrogen-bond acceptors (Lipinski definition) is 0. The maximum atomic E-state index is 2.55. The first-order valence-corrected chi connectivity index (χ1v) is 16.5. The second kappa shape index (κ2) is 8.09. The van der Waals surface area contributed by atoms with Gasteiger partial charge in [-0.25, -0.2) is 0 Å². The van der Waals surface area contributed by atoms with Gasteiger partial charge in [-0.2, -0.15) is 0 Å². The molecule has 1 aliphatic heterocycles. The Bertz CT molecular complexity index is 1320. The average Bonchev–Trinajstić information content (AvgIpc) is 3.44. The predicted molar refractivity (Wildman–Crippen MR) is 139 cm³/mol. The molecule has 7 rings (SSSR count). The van der Waals surface area contributed by atoms with Gasteiger partial charge in [-0.15, -0.1) is 0 Å². The Labute approximate surface area is 206 Å². The summed E-state index contributed by atoms with van der Waals surface area (Å²) in [4.78, 5) is 0. The van der Waals surface area contributed by atoms with Crippen molar-refractivity contribution in [3.63, 3.8) is 0 Å². The van der Waals surface area contributed by atoms with Crippen LogP contribution in [0.4, 0.5) is 0 Å². The first-order chi connectivity index (χ1) is 16.8. The van der Waals surface area contributed by atoms with E-state index in [0.717, 1.165) is 6.42 Å². The molecule has 4 aromatic rings. The summed E-state index contributed by atoms with van der Waals surface area (Å²) in [5.41, 5.74) is 12.5. The summed E-state index contributed by atoms with van der Waals surface area (Å²) in [6, 6.07) is 41.3. The first-order valence-electron chi connectivity index (χ1n) is 12.5. The van der Waals surface area contributed by atoms with Crippen molar-refractivity contribution < 1.29 is 16.6 Å². The van der Waals surface area contributed by atoms with Gasteiger partial charge in [0, 0.05) is 0 Å². The summed E-state index contributed by atoms with van der Waals surface area (Å²) in [6.07, 6.45) is 6.24. The molecule has 1 heteroatoms. The van der Waals surface area contributed by atoms with E-state index in [2.05, 4.69) is 121 Å². The van der Waals surface area contributed by atoms with Crippen molar-refractivity contribution in [3.05, 3.63) is 154 Å². The number of hydrogen-bond donors (Lipinski definition) is 0. The number of benzene rings is 4. The van der Waals surface area contributed by atoms with Crippen molar-refractivity contribution in [2.45, 2.75) is 24.3 Å². The molecule has 0 radical (unpaired) electrons. The van der Waals surface area contributed by atoms with Gasteiger partial charge >= 0.3 is 207 Å².